The molecule has 7 bridgehead atoms. The molecule has 1 aliphatic heterocycles. The number of aliphatic hydroxyl groups is 2. The molecule has 1 spiro atoms. The van der Waals surface area contributed by atoms with Gasteiger partial charge in [0.1, 0.15) is 0 Å². The second kappa shape index (κ2) is 5.48. The lowest BCUT2D eigenvalue weighted by atomic mass is 9.46. The fourth-order valence-corrected chi connectivity index (χ4v) is 9.96. The van der Waals surface area contributed by atoms with Crippen molar-refractivity contribution in [3.05, 3.63) is 0 Å². The minimum Gasteiger partial charge on any atom is -0.392 e. The number of nitrogens with zero attached hydrogens (tertiary/aromatic N) is 1. The number of ether oxygens (including phenoxy) is 2. The Bertz CT molecular complexity index is 644. The van der Waals surface area contributed by atoms with Crippen molar-refractivity contribution in [2.24, 2.45) is 40.9 Å². The lowest BCUT2D eigenvalue weighted by molar-refractivity contribution is -0.259. The van der Waals surface area contributed by atoms with E-state index in [-0.39, 0.29) is 35.4 Å². The molecule has 152 valence electrons. The minimum absolute atomic E-state index is 0.00774. The van der Waals surface area contributed by atoms with Crippen LogP contribution in [0.1, 0.15) is 39.0 Å². The van der Waals surface area contributed by atoms with Gasteiger partial charge in [-0.2, -0.15) is 0 Å². The standard InChI is InChI=1S/C22H35NO4/c1-4-23-10-11-5-6-17(27-3)22-13(11)8-15(20(22)23)21(25)9-16(26-2)12-7-14(22)18(21)19(12)24/h11-20,24-25H,4-10H2,1-3H3/t11-,12+,13+,14+,15+,16-,17+,18+,19-,20-,21-,22+/m0/s1. The molecular formula is C22H35NO4. The van der Waals surface area contributed by atoms with Gasteiger partial charge in [0.15, 0.2) is 0 Å². The van der Waals surface area contributed by atoms with Gasteiger partial charge in [-0.15, -0.1) is 0 Å². The molecule has 1 heterocycles. The first-order valence-corrected chi connectivity index (χ1v) is 11.2. The quantitative estimate of drug-likeness (QED) is 0.781. The minimum atomic E-state index is -0.786. The van der Waals surface area contributed by atoms with Gasteiger partial charge in [0.25, 0.3) is 0 Å². The number of rotatable bonds is 3. The van der Waals surface area contributed by atoms with Crippen LogP contribution in [0.25, 0.3) is 0 Å². The molecule has 0 amide bonds. The molecule has 12 atom stereocenters. The molecule has 6 fully saturated rings. The average Bonchev–Trinajstić information content (AvgIpc) is 3.06. The summed E-state index contributed by atoms with van der Waals surface area (Å²) >= 11 is 0. The summed E-state index contributed by atoms with van der Waals surface area (Å²) in [5, 5.41) is 23.5. The molecule has 5 saturated carbocycles. The number of fused-ring (bicyclic) bond motifs is 2. The largest absolute Gasteiger partial charge is 0.392 e. The number of aliphatic hydroxyl groups excluding tert-OH is 1. The first-order valence-electron chi connectivity index (χ1n) is 11.2. The van der Waals surface area contributed by atoms with E-state index in [1.165, 1.54) is 13.0 Å². The molecule has 27 heavy (non-hydrogen) atoms. The molecule has 2 N–H and O–H groups in total. The van der Waals surface area contributed by atoms with Gasteiger partial charge in [0.05, 0.1) is 23.9 Å². The third-order valence-corrected chi connectivity index (χ3v) is 10.5. The molecule has 0 unspecified atom stereocenters. The van der Waals surface area contributed by atoms with Gasteiger partial charge in [-0.05, 0) is 50.0 Å². The fourth-order valence-electron chi connectivity index (χ4n) is 9.96. The summed E-state index contributed by atoms with van der Waals surface area (Å²) in [5.74, 6) is 2.17. The van der Waals surface area contributed by atoms with Crippen LogP contribution in [0.3, 0.4) is 0 Å². The molecule has 5 aliphatic carbocycles. The Balaban J connectivity index is 1.57. The molecule has 6 rings (SSSR count). The van der Waals surface area contributed by atoms with Crippen LogP contribution < -0.4 is 0 Å². The van der Waals surface area contributed by atoms with Crippen molar-refractivity contribution in [1.29, 1.82) is 0 Å². The van der Waals surface area contributed by atoms with E-state index in [0.29, 0.717) is 24.3 Å². The molecule has 0 aromatic carbocycles. The number of likely N-dealkylation sites (tertiary alicyclic amines) is 1. The van der Waals surface area contributed by atoms with Crippen LogP contribution >= 0.6 is 0 Å². The second-order valence-corrected chi connectivity index (χ2v) is 10.5. The summed E-state index contributed by atoms with van der Waals surface area (Å²) in [5.41, 5.74) is -0.669. The highest BCUT2D eigenvalue weighted by Crippen LogP contribution is 2.77. The average molecular weight is 378 g/mol. The summed E-state index contributed by atoms with van der Waals surface area (Å²) < 4.78 is 12.1. The van der Waals surface area contributed by atoms with Crippen molar-refractivity contribution < 1.29 is 19.7 Å². The lowest BCUT2D eigenvalue weighted by Gasteiger charge is -2.67. The van der Waals surface area contributed by atoms with E-state index in [4.69, 9.17) is 9.47 Å². The fraction of sp³-hybridized carbons (Fsp3) is 1.00. The molecule has 0 aromatic heterocycles. The zero-order chi connectivity index (χ0) is 18.7. The highest BCUT2D eigenvalue weighted by atomic mass is 16.5. The zero-order valence-corrected chi connectivity index (χ0v) is 16.9. The molecule has 0 aromatic rings. The van der Waals surface area contributed by atoms with Gasteiger partial charge < -0.3 is 19.7 Å². The topological polar surface area (TPSA) is 62.2 Å². The predicted octanol–water partition coefficient (Wildman–Crippen LogP) is 1.51. The van der Waals surface area contributed by atoms with Gasteiger partial charge in [0, 0.05) is 56.4 Å². The van der Waals surface area contributed by atoms with Crippen LogP contribution in [-0.4, -0.2) is 72.4 Å². The highest BCUT2D eigenvalue weighted by molar-refractivity contribution is 5.31. The smallest absolute Gasteiger partial charge is 0.0771 e. The van der Waals surface area contributed by atoms with E-state index >= 15 is 0 Å². The third-order valence-electron chi connectivity index (χ3n) is 10.5. The van der Waals surface area contributed by atoms with Crippen molar-refractivity contribution >= 4 is 0 Å². The van der Waals surface area contributed by atoms with Gasteiger partial charge in [-0.1, -0.05) is 6.92 Å². The SMILES string of the molecule is CCN1C[C@@H]2CC[C@@H](OC)[C@]34[C@@H]2C[C@H]([C@H]13)[C@@]1(O)C[C@H](OC)[C@H]2C[C@@H]4[C@@H]1[C@H]2O. The van der Waals surface area contributed by atoms with Gasteiger partial charge >= 0.3 is 0 Å². The third kappa shape index (κ3) is 1.73. The van der Waals surface area contributed by atoms with E-state index < -0.39 is 11.7 Å². The van der Waals surface area contributed by atoms with Crippen molar-refractivity contribution in [2.45, 2.75) is 69.0 Å². The normalized spacial score (nSPS) is 63.4. The Morgan fingerprint density at radius 2 is 1.89 bits per heavy atom. The molecule has 0 radical (unpaired) electrons. The summed E-state index contributed by atoms with van der Waals surface area (Å²) in [4.78, 5) is 2.69. The van der Waals surface area contributed by atoms with Gasteiger partial charge in [-0.25, -0.2) is 0 Å². The van der Waals surface area contributed by atoms with E-state index in [2.05, 4.69) is 11.8 Å². The Hall–Kier alpha value is -0.200. The van der Waals surface area contributed by atoms with Gasteiger partial charge in [0.2, 0.25) is 0 Å². The van der Waals surface area contributed by atoms with Crippen molar-refractivity contribution in [2.75, 3.05) is 27.3 Å². The molecule has 1 saturated heterocycles. The van der Waals surface area contributed by atoms with Crippen LogP contribution in [0, 0.1) is 40.9 Å². The number of piperidine rings is 1. The van der Waals surface area contributed by atoms with Crippen molar-refractivity contribution in [1.82, 2.24) is 4.90 Å². The number of hydrogen-bond donors (Lipinski definition) is 2. The predicted molar refractivity (Wildman–Crippen MR) is 100 cm³/mol. The van der Waals surface area contributed by atoms with E-state index in [1.807, 2.05) is 7.11 Å². The number of methoxy groups -OCH3 is 2. The van der Waals surface area contributed by atoms with Crippen LogP contribution in [0.15, 0.2) is 0 Å². The number of hydrogen-bond acceptors (Lipinski definition) is 5. The molecule has 6 aliphatic rings. The van der Waals surface area contributed by atoms with Crippen LogP contribution in [0.4, 0.5) is 0 Å². The molecular weight excluding hydrogens is 342 g/mol. The lowest BCUT2D eigenvalue weighted by Crippen LogP contribution is -2.74. The zero-order valence-electron chi connectivity index (χ0n) is 16.9. The summed E-state index contributed by atoms with van der Waals surface area (Å²) in [6.45, 7) is 4.52. The van der Waals surface area contributed by atoms with E-state index in [0.717, 1.165) is 31.7 Å². The Kier molecular flexibility index (Phi) is 3.58. The maximum atomic E-state index is 12.2. The Labute approximate surface area is 162 Å². The summed E-state index contributed by atoms with van der Waals surface area (Å²) in [6.07, 6.45) is 5.04. The van der Waals surface area contributed by atoms with E-state index in [1.54, 1.807) is 7.11 Å². The Morgan fingerprint density at radius 1 is 1.07 bits per heavy atom. The maximum absolute atomic E-state index is 12.2. The first kappa shape index (κ1) is 17.6. The maximum Gasteiger partial charge on any atom is 0.0771 e. The van der Waals surface area contributed by atoms with Crippen molar-refractivity contribution in [3.63, 3.8) is 0 Å². The Morgan fingerprint density at radius 3 is 2.59 bits per heavy atom. The molecule has 5 heteroatoms. The van der Waals surface area contributed by atoms with Gasteiger partial charge in [-0.3, -0.25) is 4.90 Å². The van der Waals surface area contributed by atoms with E-state index in [9.17, 15) is 10.2 Å². The van der Waals surface area contributed by atoms with Crippen LogP contribution in [0.2, 0.25) is 0 Å². The van der Waals surface area contributed by atoms with Crippen molar-refractivity contribution in [3.8, 4) is 0 Å². The second-order valence-electron chi connectivity index (χ2n) is 10.5. The monoisotopic (exact) mass is 377 g/mol. The molecule has 5 nitrogen and oxygen atoms in total. The van der Waals surface area contributed by atoms with Crippen LogP contribution in [-0.2, 0) is 9.47 Å². The first-order chi connectivity index (χ1) is 13.0. The summed E-state index contributed by atoms with van der Waals surface area (Å²) in [7, 11) is 3.65. The van der Waals surface area contributed by atoms with Crippen LogP contribution in [0.5, 0.6) is 0 Å². The highest BCUT2D eigenvalue weighted by Gasteiger charge is 2.81. The summed E-state index contributed by atoms with van der Waals surface area (Å²) in [6, 6.07) is 0.404.